The molecule has 8 rings (SSSR count). The van der Waals surface area contributed by atoms with Crippen LogP contribution < -0.4 is 27.0 Å². The van der Waals surface area contributed by atoms with Crippen molar-refractivity contribution >= 4 is 54.6 Å². The number of rotatable bonds is 13. The van der Waals surface area contributed by atoms with Crippen LogP contribution in [0.15, 0.2) is 128 Å². The van der Waals surface area contributed by atoms with Gasteiger partial charge in [0.05, 0.1) is 36.6 Å². The van der Waals surface area contributed by atoms with E-state index in [1.807, 2.05) is 49.4 Å². The molecule has 15 heteroatoms. The van der Waals surface area contributed by atoms with Crippen LogP contribution in [-0.4, -0.2) is 58.9 Å². The molecule has 1 saturated heterocycles. The number of aliphatic hydroxyl groups is 1. The highest BCUT2D eigenvalue weighted by atomic mass is 28.4. The molecule has 5 atom stereocenters. The van der Waals surface area contributed by atoms with Crippen LogP contribution in [0, 0.1) is 5.92 Å². The third kappa shape index (κ3) is 8.21. The Labute approximate surface area is 360 Å². The first-order valence-electron chi connectivity index (χ1n) is 20.6. The van der Waals surface area contributed by atoms with E-state index in [1.54, 1.807) is 108 Å². The van der Waals surface area contributed by atoms with Crippen molar-refractivity contribution in [2.45, 2.75) is 62.7 Å². The molecule has 2 aliphatic heterocycles. The molecule has 3 amide bonds. The summed E-state index contributed by atoms with van der Waals surface area (Å²) in [7, 11) is -3.52. The molecule has 1 aromatic heterocycles. The lowest BCUT2D eigenvalue weighted by Crippen LogP contribution is -2.45. The maximum atomic E-state index is 16.7. The van der Waals surface area contributed by atoms with Gasteiger partial charge in [-0.15, -0.1) is 5.10 Å². The van der Waals surface area contributed by atoms with E-state index in [2.05, 4.69) is 20.9 Å². The van der Waals surface area contributed by atoms with Gasteiger partial charge in [0.2, 0.25) is 8.41 Å². The van der Waals surface area contributed by atoms with Gasteiger partial charge in [0, 0.05) is 63.6 Å². The van der Waals surface area contributed by atoms with Crippen molar-refractivity contribution in [2.24, 2.45) is 5.92 Å². The molecule has 0 aliphatic carbocycles. The number of aryl methyl sites for hydroxylation is 1. The van der Waals surface area contributed by atoms with E-state index in [-0.39, 0.29) is 36.8 Å². The SMILES string of the molecule is C[C@@H]1[C@@H]([Si](C)(C)F)[C@H](CCn2cc(C(CO)c3ccccc3)nn2)O[C@@]12C(=O)N(Cc1ccc(NC(=O)c3ccc(N)cc3)cc1)c1ccc(NC(=O)c3ccc(N)cc3)cc12. The molecule has 1 unspecified atom stereocenters. The summed E-state index contributed by atoms with van der Waals surface area (Å²) < 4.78 is 25.4. The Morgan fingerprint density at radius 2 is 1.47 bits per heavy atom. The van der Waals surface area contributed by atoms with Gasteiger partial charge in [-0.2, -0.15) is 0 Å². The molecule has 0 radical (unpaired) electrons. The second kappa shape index (κ2) is 17.0. The van der Waals surface area contributed by atoms with Crippen LogP contribution in [0.4, 0.5) is 32.5 Å². The van der Waals surface area contributed by atoms with Gasteiger partial charge in [-0.05, 0) is 110 Å². The number of anilines is 5. The van der Waals surface area contributed by atoms with Gasteiger partial charge >= 0.3 is 0 Å². The van der Waals surface area contributed by atoms with Gasteiger partial charge in [-0.1, -0.05) is 54.6 Å². The van der Waals surface area contributed by atoms with Crippen molar-refractivity contribution in [3.8, 4) is 0 Å². The van der Waals surface area contributed by atoms with E-state index in [4.69, 9.17) is 16.2 Å². The van der Waals surface area contributed by atoms with Gasteiger partial charge in [-0.3, -0.25) is 19.1 Å². The minimum atomic E-state index is -3.52. The zero-order valence-electron chi connectivity index (χ0n) is 34.7. The van der Waals surface area contributed by atoms with Gasteiger partial charge < -0.3 is 41.0 Å². The molecule has 6 aromatic rings. The number of carbonyl (C=O) groups is 3. The van der Waals surface area contributed by atoms with Crippen molar-refractivity contribution in [2.75, 3.05) is 33.6 Å². The van der Waals surface area contributed by atoms with Crippen LogP contribution in [-0.2, 0) is 28.2 Å². The number of halogens is 1. The van der Waals surface area contributed by atoms with Crippen LogP contribution in [0.25, 0.3) is 0 Å². The lowest BCUT2D eigenvalue weighted by Gasteiger charge is -2.31. The number of amides is 3. The standard InChI is InChI=1S/C47H49FN8O5Si/c1-29-43(62(2,3)48)42(23-24-55-27-40(53-54-55)38(28-57)31-7-5-4-6-8-31)61-47(29)39-25-37(52-45(59)33-13-17-35(50)18-14-33)21-22-41(39)56(46(47)60)26-30-9-19-36(20-10-30)51-44(58)32-11-15-34(49)16-12-32/h4-22,25,27,29,38,42-43,57H,23-24,26,28,49-50H2,1-3H3,(H,51,58)(H,52,59)/t29-,38?,42+,43-,47+/m1/s1. The van der Waals surface area contributed by atoms with Crippen LogP contribution in [0.3, 0.4) is 0 Å². The number of hydrogen-bond acceptors (Lipinski definition) is 9. The molecule has 5 aromatic carbocycles. The van der Waals surface area contributed by atoms with Crippen LogP contribution >= 0.6 is 0 Å². The number of hydrogen-bond donors (Lipinski definition) is 5. The Hall–Kier alpha value is -6.68. The smallest absolute Gasteiger partial charge is 0.264 e. The summed E-state index contributed by atoms with van der Waals surface area (Å²) in [4.78, 5) is 43.1. The van der Waals surface area contributed by atoms with Crippen molar-refractivity contribution in [1.29, 1.82) is 0 Å². The van der Waals surface area contributed by atoms with E-state index in [0.29, 0.717) is 63.8 Å². The Bertz CT molecular complexity index is 2590. The molecule has 1 fully saturated rings. The fourth-order valence-corrected chi connectivity index (χ4v) is 11.5. The number of nitrogens with two attached hydrogens (primary N) is 2. The summed E-state index contributed by atoms with van der Waals surface area (Å²) in [6.07, 6.45) is 1.47. The lowest BCUT2D eigenvalue weighted by atomic mass is 9.82. The molecule has 318 valence electrons. The summed E-state index contributed by atoms with van der Waals surface area (Å²) in [5.74, 6) is -1.93. The minimum Gasteiger partial charge on any atom is -0.399 e. The third-order valence-electron chi connectivity index (χ3n) is 12.1. The van der Waals surface area contributed by atoms with Crippen molar-refractivity contribution < 1.29 is 28.3 Å². The van der Waals surface area contributed by atoms with E-state index in [0.717, 1.165) is 11.1 Å². The molecular formula is C47H49FN8O5Si. The molecule has 62 heavy (non-hydrogen) atoms. The Morgan fingerprint density at radius 3 is 2.06 bits per heavy atom. The maximum absolute atomic E-state index is 16.7. The number of aliphatic hydroxyl groups excluding tert-OH is 1. The topological polar surface area (TPSA) is 191 Å². The highest BCUT2D eigenvalue weighted by Crippen LogP contribution is 2.60. The van der Waals surface area contributed by atoms with Crippen LogP contribution in [0.1, 0.15) is 62.4 Å². The number of ether oxygens (including phenoxy) is 1. The predicted molar refractivity (Wildman–Crippen MR) is 240 cm³/mol. The third-order valence-corrected chi connectivity index (χ3v) is 14.5. The first-order valence-corrected chi connectivity index (χ1v) is 23.5. The molecule has 0 bridgehead atoms. The molecule has 2 aliphatic rings. The zero-order chi connectivity index (χ0) is 43.8. The first kappa shape index (κ1) is 42.0. The number of carbonyl (C=O) groups excluding carboxylic acids is 3. The highest BCUT2D eigenvalue weighted by Gasteiger charge is 2.66. The Balaban J connectivity index is 1.09. The summed E-state index contributed by atoms with van der Waals surface area (Å²) in [6, 6.07) is 35.3. The number of aromatic nitrogens is 3. The average molecular weight is 853 g/mol. The van der Waals surface area contributed by atoms with E-state index in [9.17, 15) is 14.7 Å². The average Bonchev–Trinajstić information content (AvgIpc) is 3.91. The number of nitrogen functional groups attached to an aromatic ring is 2. The second-order valence-corrected chi connectivity index (χ2v) is 20.4. The minimum absolute atomic E-state index is 0.149. The first-order chi connectivity index (χ1) is 29.7. The monoisotopic (exact) mass is 852 g/mol. The predicted octanol–water partition coefficient (Wildman–Crippen LogP) is 7.48. The number of nitrogens with one attached hydrogen (secondary N) is 2. The Morgan fingerprint density at radius 1 is 0.871 bits per heavy atom. The Kier molecular flexibility index (Phi) is 11.5. The van der Waals surface area contributed by atoms with Crippen molar-refractivity contribution in [1.82, 2.24) is 15.0 Å². The summed E-state index contributed by atoms with van der Waals surface area (Å²) in [5, 5.41) is 24.8. The van der Waals surface area contributed by atoms with E-state index < -0.39 is 31.6 Å². The maximum Gasteiger partial charge on any atom is 0.264 e. The largest absolute Gasteiger partial charge is 0.399 e. The molecule has 0 saturated carbocycles. The zero-order valence-corrected chi connectivity index (χ0v) is 35.7. The fraction of sp³-hybridized carbons (Fsp3) is 0.255. The van der Waals surface area contributed by atoms with Gasteiger partial charge in [0.15, 0.2) is 5.60 Å². The van der Waals surface area contributed by atoms with Crippen molar-refractivity contribution in [3.63, 3.8) is 0 Å². The molecular weight excluding hydrogens is 804 g/mol. The molecule has 7 N–H and O–H groups in total. The van der Waals surface area contributed by atoms with E-state index in [1.165, 1.54) is 0 Å². The van der Waals surface area contributed by atoms with Gasteiger partial charge in [0.1, 0.15) is 0 Å². The highest BCUT2D eigenvalue weighted by molar-refractivity contribution is 6.72. The summed E-state index contributed by atoms with van der Waals surface area (Å²) in [5.41, 5.74) is 15.9. The van der Waals surface area contributed by atoms with E-state index >= 15 is 8.90 Å². The number of fused-ring (bicyclic) bond motifs is 2. The van der Waals surface area contributed by atoms with Gasteiger partial charge in [0.25, 0.3) is 17.7 Å². The normalized spacial score (nSPS) is 20.0. The van der Waals surface area contributed by atoms with Crippen LogP contribution in [0.5, 0.6) is 0 Å². The molecule has 13 nitrogen and oxygen atoms in total. The van der Waals surface area contributed by atoms with Crippen LogP contribution in [0.2, 0.25) is 18.6 Å². The molecule has 3 heterocycles. The second-order valence-electron chi connectivity index (χ2n) is 16.6. The number of benzene rings is 5. The van der Waals surface area contributed by atoms with Crippen molar-refractivity contribution in [3.05, 3.63) is 161 Å². The van der Waals surface area contributed by atoms with Gasteiger partial charge in [-0.25, -0.2) is 0 Å². The lowest BCUT2D eigenvalue weighted by molar-refractivity contribution is -0.146. The molecule has 1 spiro atoms. The summed E-state index contributed by atoms with van der Waals surface area (Å²) in [6.45, 7) is 5.53. The quantitative estimate of drug-likeness (QED) is 0.0445. The summed E-state index contributed by atoms with van der Waals surface area (Å²) >= 11 is 0. The fourth-order valence-electron chi connectivity index (χ4n) is 9.00. The number of nitrogens with zero attached hydrogens (tertiary/aromatic N) is 4.